The smallest absolute Gasteiger partial charge is 0.385 e. The van der Waals surface area contributed by atoms with Gasteiger partial charge >= 0.3 is 6.18 Å². The molecule has 1 N–H and O–H groups in total. The number of fused-ring (bicyclic) bond motifs is 2. The molecule has 0 radical (unpaired) electrons. The molecule has 4 nitrogen and oxygen atoms in total. The number of carbonyl (C=O) groups excluding carboxylic acids is 2. The van der Waals surface area contributed by atoms with Gasteiger partial charge in [-0.25, -0.2) is 0 Å². The highest BCUT2D eigenvalue weighted by Crippen LogP contribution is 2.41. The van der Waals surface area contributed by atoms with Crippen LogP contribution in [-0.4, -0.2) is 23.3 Å². The van der Waals surface area contributed by atoms with Crippen molar-refractivity contribution in [1.82, 2.24) is 4.90 Å². The molecule has 0 saturated heterocycles. The van der Waals surface area contributed by atoms with Gasteiger partial charge in [-0.3, -0.25) is 14.5 Å². The first-order valence-corrected chi connectivity index (χ1v) is 7.80. The summed E-state index contributed by atoms with van der Waals surface area (Å²) >= 11 is 0. The fourth-order valence-corrected chi connectivity index (χ4v) is 3.43. The van der Waals surface area contributed by atoms with Gasteiger partial charge in [0.15, 0.2) is 0 Å². The number of imide groups is 1. The zero-order valence-electron chi connectivity index (χ0n) is 12.9. The Labute approximate surface area is 141 Å². The van der Waals surface area contributed by atoms with E-state index in [1.807, 2.05) is 0 Å². The van der Waals surface area contributed by atoms with Crippen molar-refractivity contribution in [2.45, 2.75) is 18.6 Å². The molecule has 7 heteroatoms. The molecule has 0 bridgehead atoms. The molecule has 0 aromatic heterocycles. The van der Waals surface area contributed by atoms with E-state index < -0.39 is 29.6 Å². The number of amides is 2. The molecule has 0 spiro atoms. The lowest BCUT2D eigenvalue weighted by atomic mass is 9.94. The van der Waals surface area contributed by atoms with Gasteiger partial charge in [-0.1, -0.05) is 12.1 Å². The molecule has 2 aliphatic heterocycles. The molecule has 128 valence electrons. The number of alkyl halides is 3. The van der Waals surface area contributed by atoms with Crippen molar-refractivity contribution in [2.24, 2.45) is 0 Å². The lowest BCUT2D eigenvalue weighted by Crippen LogP contribution is -2.37. The minimum atomic E-state index is -4.49. The summed E-state index contributed by atoms with van der Waals surface area (Å²) in [4.78, 5) is 26.4. The van der Waals surface area contributed by atoms with Crippen molar-refractivity contribution in [3.05, 3.63) is 64.7 Å². The molecule has 0 saturated carbocycles. The molecule has 0 aliphatic carbocycles. The van der Waals surface area contributed by atoms with Crippen LogP contribution in [0.3, 0.4) is 0 Å². The van der Waals surface area contributed by atoms with Crippen LogP contribution in [0.25, 0.3) is 0 Å². The van der Waals surface area contributed by atoms with Gasteiger partial charge in [-0.2, -0.15) is 13.2 Å². The Morgan fingerprint density at radius 2 is 1.64 bits per heavy atom. The number of halogens is 3. The van der Waals surface area contributed by atoms with Crippen LogP contribution in [0.2, 0.25) is 0 Å². The summed E-state index contributed by atoms with van der Waals surface area (Å²) in [6, 6.07) is 9.09. The molecule has 2 amide bonds. The quantitative estimate of drug-likeness (QED) is 0.798. The Bertz CT molecular complexity index is 857. The second-order valence-electron chi connectivity index (χ2n) is 6.06. The van der Waals surface area contributed by atoms with Crippen molar-refractivity contribution in [1.29, 1.82) is 0 Å². The molecule has 2 aliphatic rings. The van der Waals surface area contributed by atoms with Crippen LogP contribution in [0.5, 0.6) is 0 Å². The zero-order valence-corrected chi connectivity index (χ0v) is 12.9. The van der Waals surface area contributed by atoms with Crippen LogP contribution in [0.4, 0.5) is 18.9 Å². The third-order valence-electron chi connectivity index (χ3n) is 4.61. The standard InChI is InChI=1S/C18H13F3N2O2/c19-18(20,21)10-5-6-14-13(9-10)15(7-8-22-14)23-16(24)11-3-1-2-4-12(11)17(23)25/h1-6,9,15,22H,7-8H2. The second kappa shape index (κ2) is 5.34. The van der Waals surface area contributed by atoms with Crippen LogP contribution in [-0.2, 0) is 6.18 Å². The van der Waals surface area contributed by atoms with Gasteiger partial charge < -0.3 is 5.32 Å². The molecule has 2 aromatic rings. The predicted octanol–water partition coefficient (Wildman–Crippen LogP) is 3.86. The number of rotatable bonds is 1. The maximum Gasteiger partial charge on any atom is 0.416 e. The predicted molar refractivity (Wildman–Crippen MR) is 84.2 cm³/mol. The van der Waals surface area contributed by atoms with Crippen molar-refractivity contribution >= 4 is 17.5 Å². The lowest BCUT2D eigenvalue weighted by molar-refractivity contribution is -0.137. The maximum atomic E-state index is 13.1. The third kappa shape index (κ3) is 2.38. The molecular formula is C18H13F3N2O2. The Morgan fingerprint density at radius 1 is 1.00 bits per heavy atom. The first-order chi connectivity index (χ1) is 11.9. The summed E-state index contributed by atoms with van der Waals surface area (Å²) in [7, 11) is 0. The highest BCUT2D eigenvalue weighted by molar-refractivity contribution is 6.21. The number of benzene rings is 2. The van der Waals surface area contributed by atoms with Crippen LogP contribution >= 0.6 is 0 Å². The number of nitrogens with zero attached hydrogens (tertiary/aromatic N) is 1. The molecule has 2 aromatic carbocycles. The van der Waals surface area contributed by atoms with E-state index in [1.54, 1.807) is 24.3 Å². The van der Waals surface area contributed by atoms with Gasteiger partial charge in [-0.05, 0) is 42.3 Å². The molecule has 25 heavy (non-hydrogen) atoms. The van der Waals surface area contributed by atoms with Crippen molar-refractivity contribution in [3.8, 4) is 0 Å². The summed E-state index contributed by atoms with van der Waals surface area (Å²) in [6.07, 6.45) is -4.13. The van der Waals surface area contributed by atoms with Crippen LogP contribution < -0.4 is 5.32 Å². The molecule has 4 rings (SSSR count). The van der Waals surface area contributed by atoms with E-state index in [0.29, 0.717) is 35.3 Å². The summed E-state index contributed by atoms with van der Waals surface area (Å²) in [6.45, 7) is 0.469. The normalized spacial score (nSPS) is 19.5. The van der Waals surface area contributed by atoms with Gasteiger partial charge in [0.1, 0.15) is 0 Å². The summed E-state index contributed by atoms with van der Waals surface area (Å²) in [5.74, 6) is -0.924. The fourth-order valence-electron chi connectivity index (χ4n) is 3.43. The van der Waals surface area contributed by atoms with E-state index in [1.165, 1.54) is 6.07 Å². The van der Waals surface area contributed by atoms with Crippen LogP contribution in [0.1, 0.15) is 44.3 Å². The molecule has 2 heterocycles. The summed E-state index contributed by atoms with van der Waals surface area (Å²) < 4.78 is 39.2. The Kier molecular flexibility index (Phi) is 3.35. The average molecular weight is 346 g/mol. The average Bonchev–Trinajstić information content (AvgIpc) is 2.85. The monoisotopic (exact) mass is 346 g/mol. The Hall–Kier alpha value is -2.83. The topological polar surface area (TPSA) is 49.4 Å². The minimum absolute atomic E-state index is 0.291. The Balaban J connectivity index is 1.80. The van der Waals surface area contributed by atoms with Gasteiger partial charge in [0.25, 0.3) is 11.8 Å². The molecule has 1 unspecified atom stereocenters. The fraction of sp³-hybridized carbons (Fsp3) is 0.222. The largest absolute Gasteiger partial charge is 0.416 e. The number of hydrogen-bond acceptors (Lipinski definition) is 3. The Morgan fingerprint density at radius 3 is 2.24 bits per heavy atom. The van der Waals surface area contributed by atoms with E-state index in [-0.39, 0.29) is 0 Å². The summed E-state index contributed by atoms with van der Waals surface area (Å²) in [5.41, 5.74) is 0.618. The van der Waals surface area contributed by atoms with E-state index in [9.17, 15) is 22.8 Å². The van der Waals surface area contributed by atoms with Crippen molar-refractivity contribution in [2.75, 3.05) is 11.9 Å². The van der Waals surface area contributed by atoms with Crippen molar-refractivity contribution < 1.29 is 22.8 Å². The van der Waals surface area contributed by atoms with E-state index in [2.05, 4.69) is 5.32 Å². The minimum Gasteiger partial charge on any atom is -0.385 e. The highest BCUT2D eigenvalue weighted by atomic mass is 19.4. The van der Waals surface area contributed by atoms with Crippen LogP contribution in [0, 0.1) is 0 Å². The molecular weight excluding hydrogens is 333 g/mol. The first-order valence-electron chi connectivity index (χ1n) is 7.80. The second-order valence-corrected chi connectivity index (χ2v) is 6.06. The number of nitrogens with one attached hydrogen (secondary N) is 1. The van der Waals surface area contributed by atoms with Crippen molar-refractivity contribution in [3.63, 3.8) is 0 Å². The molecule has 1 atom stereocenters. The van der Waals surface area contributed by atoms with E-state index in [4.69, 9.17) is 0 Å². The molecule has 0 fully saturated rings. The van der Waals surface area contributed by atoms with E-state index >= 15 is 0 Å². The third-order valence-corrected chi connectivity index (χ3v) is 4.61. The van der Waals surface area contributed by atoms with Gasteiger partial charge in [0.05, 0.1) is 22.7 Å². The van der Waals surface area contributed by atoms with Gasteiger partial charge in [-0.15, -0.1) is 0 Å². The highest BCUT2D eigenvalue weighted by Gasteiger charge is 2.42. The van der Waals surface area contributed by atoms with Gasteiger partial charge in [0.2, 0.25) is 0 Å². The van der Waals surface area contributed by atoms with E-state index in [0.717, 1.165) is 17.0 Å². The number of carbonyl (C=O) groups is 2. The zero-order chi connectivity index (χ0) is 17.8. The maximum absolute atomic E-state index is 13.1. The SMILES string of the molecule is O=C1c2ccccc2C(=O)N1C1CCNc2ccc(C(F)(F)F)cc21. The van der Waals surface area contributed by atoms with Gasteiger partial charge in [0, 0.05) is 12.2 Å². The number of hydrogen-bond donors (Lipinski definition) is 1. The lowest BCUT2D eigenvalue weighted by Gasteiger charge is -2.33. The number of anilines is 1. The summed E-state index contributed by atoms with van der Waals surface area (Å²) in [5, 5.41) is 3.03. The van der Waals surface area contributed by atoms with Crippen LogP contribution in [0.15, 0.2) is 42.5 Å². The first kappa shape index (κ1) is 15.7.